The van der Waals surface area contributed by atoms with Crippen molar-refractivity contribution in [1.82, 2.24) is 0 Å². The minimum absolute atomic E-state index is 0.120. The van der Waals surface area contributed by atoms with Crippen LogP contribution in [0, 0.1) is 18.3 Å². The Morgan fingerprint density at radius 1 is 1.23 bits per heavy atom. The van der Waals surface area contributed by atoms with Crippen LogP contribution in [-0.4, -0.2) is 12.4 Å². The second-order valence-corrected chi connectivity index (χ2v) is 4.87. The summed E-state index contributed by atoms with van der Waals surface area (Å²) in [6.07, 6.45) is 1.60. The maximum Gasteiger partial charge on any atom is 0.203 e. The Balaban J connectivity index is 2.27. The molecule has 22 heavy (non-hydrogen) atoms. The fourth-order valence-electron chi connectivity index (χ4n) is 2.08. The van der Waals surface area contributed by atoms with Gasteiger partial charge in [-0.05, 0) is 43.7 Å². The Labute approximate surface area is 130 Å². The number of carbonyl (C=O) groups excluding carboxylic acids is 1. The maximum absolute atomic E-state index is 12.4. The highest BCUT2D eigenvalue weighted by Gasteiger charge is 2.12. The van der Waals surface area contributed by atoms with Crippen LogP contribution in [0.15, 0.2) is 54.1 Å². The van der Waals surface area contributed by atoms with E-state index in [9.17, 15) is 10.1 Å². The first-order valence-electron chi connectivity index (χ1n) is 7.10. The zero-order valence-electron chi connectivity index (χ0n) is 12.7. The van der Waals surface area contributed by atoms with Gasteiger partial charge in [0.15, 0.2) is 0 Å². The number of rotatable bonds is 5. The van der Waals surface area contributed by atoms with E-state index in [1.165, 1.54) is 0 Å². The molecule has 0 N–H and O–H groups in total. The Bertz CT molecular complexity index is 737. The van der Waals surface area contributed by atoms with Crippen LogP contribution in [0.3, 0.4) is 0 Å². The van der Waals surface area contributed by atoms with Crippen LogP contribution < -0.4 is 4.74 Å². The topological polar surface area (TPSA) is 50.1 Å². The number of aryl methyl sites for hydroxylation is 1. The zero-order valence-corrected chi connectivity index (χ0v) is 12.7. The Kier molecular flexibility index (Phi) is 5.11. The molecule has 0 bridgehead atoms. The van der Waals surface area contributed by atoms with Crippen LogP contribution in [0.5, 0.6) is 5.75 Å². The minimum Gasteiger partial charge on any atom is -0.494 e. The van der Waals surface area contributed by atoms with Crippen LogP contribution in [0.25, 0.3) is 6.08 Å². The van der Waals surface area contributed by atoms with Gasteiger partial charge in [0.2, 0.25) is 5.78 Å². The summed E-state index contributed by atoms with van der Waals surface area (Å²) >= 11 is 0. The van der Waals surface area contributed by atoms with E-state index in [1.807, 2.05) is 56.3 Å². The van der Waals surface area contributed by atoms with Crippen LogP contribution in [0.4, 0.5) is 0 Å². The number of ether oxygens (including phenoxy) is 1. The van der Waals surface area contributed by atoms with Crippen molar-refractivity contribution in [2.45, 2.75) is 13.8 Å². The third kappa shape index (κ3) is 3.83. The molecule has 0 radical (unpaired) electrons. The summed E-state index contributed by atoms with van der Waals surface area (Å²) in [6, 6.07) is 16.5. The Hall–Kier alpha value is -2.86. The molecular weight excluding hydrogens is 274 g/mol. The Morgan fingerprint density at radius 2 is 1.95 bits per heavy atom. The largest absolute Gasteiger partial charge is 0.494 e. The van der Waals surface area contributed by atoms with Gasteiger partial charge >= 0.3 is 0 Å². The first-order valence-corrected chi connectivity index (χ1v) is 7.10. The van der Waals surface area contributed by atoms with E-state index < -0.39 is 0 Å². The number of carbonyl (C=O) groups is 1. The third-order valence-electron chi connectivity index (χ3n) is 3.15. The van der Waals surface area contributed by atoms with Crippen LogP contribution in [0.2, 0.25) is 0 Å². The van der Waals surface area contributed by atoms with E-state index in [-0.39, 0.29) is 11.4 Å². The average Bonchev–Trinajstić information content (AvgIpc) is 2.54. The predicted molar refractivity (Wildman–Crippen MR) is 86.7 cm³/mol. The molecule has 0 aliphatic heterocycles. The molecule has 0 saturated carbocycles. The first-order chi connectivity index (χ1) is 10.6. The van der Waals surface area contributed by atoms with Crippen molar-refractivity contribution in [3.8, 4) is 11.8 Å². The van der Waals surface area contributed by atoms with Crippen molar-refractivity contribution < 1.29 is 9.53 Å². The molecule has 0 atom stereocenters. The van der Waals surface area contributed by atoms with Gasteiger partial charge in [-0.15, -0.1) is 0 Å². The van der Waals surface area contributed by atoms with Crippen molar-refractivity contribution in [1.29, 1.82) is 5.26 Å². The summed E-state index contributed by atoms with van der Waals surface area (Å²) in [7, 11) is 0. The fourth-order valence-corrected chi connectivity index (χ4v) is 2.08. The second-order valence-electron chi connectivity index (χ2n) is 4.87. The molecule has 0 heterocycles. The SMILES string of the molecule is CCOc1ccc(/C=C(\C#N)C(=O)c2cccc(C)c2)cc1. The number of Topliss-reactive ketones (excluding diaryl/α,β-unsaturated/α-hetero) is 1. The number of nitrogens with zero attached hydrogens (tertiary/aromatic N) is 1. The van der Waals surface area contributed by atoms with Gasteiger partial charge in [0.1, 0.15) is 17.4 Å². The molecule has 0 aromatic heterocycles. The molecular formula is C19H17NO2. The van der Waals surface area contributed by atoms with Gasteiger partial charge in [-0.2, -0.15) is 5.26 Å². The van der Waals surface area contributed by atoms with E-state index in [4.69, 9.17) is 4.74 Å². The highest BCUT2D eigenvalue weighted by molar-refractivity contribution is 6.14. The van der Waals surface area contributed by atoms with Gasteiger partial charge in [-0.1, -0.05) is 35.9 Å². The lowest BCUT2D eigenvalue weighted by Crippen LogP contribution is -2.02. The summed E-state index contributed by atoms with van der Waals surface area (Å²) in [4.78, 5) is 12.4. The zero-order chi connectivity index (χ0) is 15.9. The summed E-state index contributed by atoms with van der Waals surface area (Å²) in [5.74, 6) is 0.503. The molecule has 0 aliphatic carbocycles. The predicted octanol–water partition coefficient (Wildman–Crippen LogP) is 4.18. The molecule has 0 amide bonds. The maximum atomic E-state index is 12.4. The highest BCUT2D eigenvalue weighted by atomic mass is 16.5. The van der Waals surface area contributed by atoms with Crippen molar-refractivity contribution in [3.05, 3.63) is 70.8 Å². The van der Waals surface area contributed by atoms with E-state index in [1.54, 1.807) is 18.2 Å². The molecule has 2 rings (SSSR count). The smallest absolute Gasteiger partial charge is 0.203 e. The molecule has 2 aromatic rings. The number of hydrogen-bond donors (Lipinski definition) is 0. The molecule has 2 aromatic carbocycles. The molecule has 3 nitrogen and oxygen atoms in total. The van der Waals surface area contributed by atoms with Crippen molar-refractivity contribution in [3.63, 3.8) is 0 Å². The van der Waals surface area contributed by atoms with Crippen molar-refractivity contribution in [2.24, 2.45) is 0 Å². The molecule has 0 unspecified atom stereocenters. The van der Waals surface area contributed by atoms with E-state index >= 15 is 0 Å². The van der Waals surface area contributed by atoms with E-state index in [0.29, 0.717) is 12.2 Å². The van der Waals surface area contributed by atoms with Gasteiger partial charge in [0.05, 0.1) is 6.61 Å². The second kappa shape index (κ2) is 7.24. The molecule has 0 saturated heterocycles. The molecule has 0 aliphatic rings. The molecule has 0 spiro atoms. The highest BCUT2D eigenvalue weighted by Crippen LogP contribution is 2.17. The molecule has 110 valence electrons. The fraction of sp³-hybridized carbons (Fsp3) is 0.158. The third-order valence-corrected chi connectivity index (χ3v) is 3.15. The first kappa shape index (κ1) is 15.5. The number of hydrogen-bond acceptors (Lipinski definition) is 3. The average molecular weight is 291 g/mol. The summed E-state index contributed by atoms with van der Waals surface area (Å²) in [6.45, 7) is 4.44. The summed E-state index contributed by atoms with van der Waals surface area (Å²) < 4.78 is 5.37. The van der Waals surface area contributed by atoms with Crippen LogP contribution in [-0.2, 0) is 0 Å². The normalized spacial score (nSPS) is 10.9. The van der Waals surface area contributed by atoms with Crippen molar-refractivity contribution in [2.75, 3.05) is 6.61 Å². The Morgan fingerprint density at radius 3 is 2.55 bits per heavy atom. The minimum atomic E-state index is -0.264. The number of ketones is 1. The molecule has 0 fully saturated rings. The number of benzene rings is 2. The van der Waals surface area contributed by atoms with Gasteiger partial charge in [0, 0.05) is 5.56 Å². The standard InChI is InChI=1S/C19H17NO2/c1-3-22-18-9-7-15(8-10-18)12-17(13-20)19(21)16-6-4-5-14(2)11-16/h4-12H,3H2,1-2H3/b17-12+. The van der Waals surface area contributed by atoms with Gasteiger partial charge < -0.3 is 4.74 Å². The lowest BCUT2D eigenvalue weighted by Gasteiger charge is -2.03. The van der Waals surface area contributed by atoms with Gasteiger partial charge in [-0.3, -0.25) is 4.79 Å². The number of nitriles is 1. The molecule has 3 heteroatoms. The van der Waals surface area contributed by atoms with E-state index in [2.05, 4.69) is 0 Å². The lowest BCUT2D eigenvalue weighted by atomic mass is 10.0. The summed E-state index contributed by atoms with van der Waals surface area (Å²) in [5, 5.41) is 9.26. The summed E-state index contributed by atoms with van der Waals surface area (Å²) in [5.41, 5.74) is 2.43. The number of allylic oxidation sites excluding steroid dienone is 1. The van der Waals surface area contributed by atoms with Gasteiger partial charge in [0.25, 0.3) is 0 Å². The monoisotopic (exact) mass is 291 g/mol. The van der Waals surface area contributed by atoms with Crippen LogP contribution in [0.1, 0.15) is 28.4 Å². The van der Waals surface area contributed by atoms with Crippen molar-refractivity contribution >= 4 is 11.9 Å². The quantitative estimate of drug-likeness (QED) is 0.471. The van der Waals surface area contributed by atoms with Crippen LogP contribution >= 0.6 is 0 Å². The van der Waals surface area contributed by atoms with Gasteiger partial charge in [-0.25, -0.2) is 0 Å². The van der Waals surface area contributed by atoms with E-state index in [0.717, 1.165) is 16.9 Å². The lowest BCUT2D eigenvalue weighted by molar-refractivity contribution is 0.104.